The number of hydrogen-bond acceptors (Lipinski definition) is 7. The van der Waals surface area contributed by atoms with Gasteiger partial charge in [0.1, 0.15) is 29.9 Å². The van der Waals surface area contributed by atoms with Crippen LogP contribution in [0.15, 0.2) is 42.5 Å². The number of phenols is 1. The first-order valence-corrected chi connectivity index (χ1v) is 16.2. The van der Waals surface area contributed by atoms with Crippen LogP contribution in [0.25, 0.3) is 32.8 Å². The number of benzene rings is 3. The monoisotopic (exact) mass is 597 g/mol. The minimum atomic E-state index is -0.860. The Bertz CT molecular complexity index is 1780. The Morgan fingerprint density at radius 1 is 1.00 bits per heavy atom. The number of anilines is 1. The standard InChI is InChI=1S/C35H37F2N5O2/c36-22-15-35(11-2-12-42(35)16-22)19-44-34-39-32-28(33(40-34)41-17-23-7-8-24(18-41)38-23)10-9-27(31(32)37)29-14-25(43)13-21-3-1-4-26(30(21)29)20-5-6-20/h1,3-4,9-10,13-14,20,22-24,38,43H,2,5-8,11-12,15-19H2/t22?,23?,24?,35-/m0/s1. The maximum Gasteiger partial charge on any atom is 0.319 e. The van der Waals surface area contributed by atoms with Gasteiger partial charge in [0.25, 0.3) is 0 Å². The fraction of sp³-hybridized carbons (Fsp3) is 0.486. The van der Waals surface area contributed by atoms with Crippen LogP contribution in [0.4, 0.5) is 14.6 Å². The Morgan fingerprint density at radius 3 is 2.66 bits per heavy atom. The van der Waals surface area contributed by atoms with E-state index in [-0.39, 0.29) is 29.4 Å². The smallest absolute Gasteiger partial charge is 0.319 e. The molecule has 4 atom stereocenters. The molecule has 5 aliphatic rings. The number of rotatable bonds is 6. The molecule has 9 rings (SSSR count). The van der Waals surface area contributed by atoms with Crippen LogP contribution in [0.3, 0.4) is 0 Å². The first-order valence-electron chi connectivity index (χ1n) is 16.2. The molecule has 3 unspecified atom stereocenters. The molecule has 44 heavy (non-hydrogen) atoms. The zero-order chi connectivity index (χ0) is 29.6. The Balaban J connectivity index is 1.18. The van der Waals surface area contributed by atoms with Crippen LogP contribution < -0.4 is 15.0 Å². The third kappa shape index (κ3) is 4.34. The highest BCUT2D eigenvalue weighted by Gasteiger charge is 2.49. The van der Waals surface area contributed by atoms with E-state index in [9.17, 15) is 9.50 Å². The molecule has 7 nitrogen and oxygen atoms in total. The molecule has 0 spiro atoms. The number of piperazine rings is 1. The van der Waals surface area contributed by atoms with E-state index >= 15 is 4.39 Å². The first kappa shape index (κ1) is 26.8. The Hall–Kier alpha value is -3.56. The summed E-state index contributed by atoms with van der Waals surface area (Å²) in [5, 5.41) is 16.9. The van der Waals surface area contributed by atoms with Crippen LogP contribution in [0.1, 0.15) is 56.4 Å². The van der Waals surface area contributed by atoms with Gasteiger partial charge < -0.3 is 20.1 Å². The van der Waals surface area contributed by atoms with E-state index in [4.69, 9.17) is 14.7 Å². The number of aromatic nitrogens is 2. The molecule has 5 fully saturated rings. The predicted octanol–water partition coefficient (Wildman–Crippen LogP) is 6.07. The lowest BCUT2D eigenvalue weighted by Crippen LogP contribution is -2.51. The van der Waals surface area contributed by atoms with Gasteiger partial charge in [0, 0.05) is 49.1 Å². The molecule has 9 heteroatoms. The van der Waals surface area contributed by atoms with E-state index in [0.29, 0.717) is 53.3 Å². The highest BCUT2D eigenvalue weighted by molar-refractivity contribution is 6.03. The molecule has 1 aromatic heterocycles. The normalized spacial score (nSPS) is 28.3. The van der Waals surface area contributed by atoms with Gasteiger partial charge in [0.05, 0.1) is 5.54 Å². The molecular formula is C35H37F2N5O2. The predicted molar refractivity (Wildman–Crippen MR) is 167 cm³/mol. The van der Waals surface area contributed by atoms with Crippen molar-refractivity contribution in [3.05, 3.63) is 53.8 Å². The fourth-order valence-electron chi connectivity index (χ4n) is 8.64. The molecule has 1 aliphatic carbocycles. The second-order valence-electron chi connectivity index (χ2n) is 13.8. The number of fused-ring (bicyclic) bond motifs is 5. The van der Waals surface area contributed by atoms with Gasteiger partial charge in [-0.3, -0.25) is 4.90 Å². The molecule has 2 bridgehead atoms. The van der Waals surface area contributed by atoms with E-state index in [1.165, 1.54) is 5.56 Å². The second kappa shape index (κ2) is 9.97. The lowest BCUT2D eigenvalue weighted by molar-refractivity contribution is 0.107. The molecule has 0 amide bonds. The van der Waals surface area contributed by atoms with Crippen molar-refractivity contribution in [1.82, 2.24) is 20.2 Å². The highest BCUT2D eigenvalue weighted by atomic mass is 19.1. The van der Waals surface area contributed by atoms with Crippen molar-refractivity contribution >= 4 is 27.5 Å². The van der Waals surface area contributed by atoms with Crippen molar-refractivity contribution in [2.45, 2.75) is 74.7 Å². The van der Waals surface area contributed by atoms with Gasteiger partial charge in [0.2, 0.25) is 0 Å². The van der Waals surface area contributed by atoms with Crippen LogP contribution in [-0.4, -0.2) is 76.6 Å². The van der Waals surface area contributed by atoms with E-state index < -0.39 is 12.0 Å². The van der Waals surface area contributed by atoms with Crippen molar-refractivity contribution in [2.24, 2.45) is 0 Å². The van der Waals surface area contributed by atoms with Crippen molar-refractivity contribution in [3.8, 4) is 22.9 Å². The minimum Gasteiger partial charge on any atom is -0.508 e. The molecule has 3 aromatic carbocycles. The molecule has 2 N–H and O–H groups in total. The Kier molecular flexibility index (Phi) is 6.08. The van der Waals surface area contributed by atoms with Gasteiger partial charge in [0.15, 0.2) is 5.82 Å². The van der Waals surface area contributed by atoms with Gasteiger partial charge in [-0.25, -0.2) is 8.78 Å². The van der Waals surface area contributed by atoms with Crippen molar-refractivity contribution < 1.29 is 18.6 Å². The van der Waals surface area contributed by atoms with Gasteiger partial charge >= 0.3 is 6.01 Å². The quantitative estimate of drug-likeness (QED) is 0.280. The molecular weight excluding hydrogens is 560 g/mol. The lowest BCUT2D eigenvalue weighted by Gasteiger charge is -2.34. The van der Waals surface area contributed by atoms with E-state index in [2.05, 4.69) is 21.2 Å². The van der Waals surface area contributed by atoms with E-state index in [0.717, 1.165) is 68.9 Å². The summed E-state index contributed by atoms with van der Waals surface area (Å²) >= 11 is 0. The third-order valence-corrected chi connectivity index (χ3v) is 10.8. The number of nitrogens with one attached hydrogen (secondary N) is 1. The van der Waals surface area contributed by atoms with Gasteiger partial charge in [-0.1, -0.05) is 24.3 Å². The second-order valence-corrected chi connectivity index (χ2v) is 13.8. The molecule has 5 heterocycles. The summed E-state index contributed by atoms with van der Waals surface area (Å²) in [5.41, 5.74) is 2.13. The van der Waals surface area contributed by atoms with Crippen LogP contribution in [0, 0.1) is 5.82 Å². The highest BCUT2D eigenvalue weighted by Crippen LogP contribution is 2.47. The molecule has 4 saturated heterocycles. The maximum atomic E-state index is 16.9. The summed E-state index contributed by atoms with van der Waals surface area (Å²) in [6.45, 7) is 3.17. The van der Waals surface area contributed by atoms with Crippen LogP contribution in [-0.2, 0) is 0 Å². The summed E-state index contributed by atoms with van der Waals surface area (Å²) in [4.78, 5) is 14.1. The minimum absolute atomic E-state index is 0.103. The van der Waals surface area contributed by atoms with Gasteiger partial charge in [-0.2, -0.15) is 9.97 Å². The summed E-state index contributed by atoms with van der Waals surface area (Å²) in [7, 11) is 0. The Morgan fingerprint density at radius 2 is 1.84 bits per heavy atom. The third-order valence-electron chi connectivity index (χ3n) is 10.8. The SMILES string of the molecule is Oc1cc(-c2ccc3c(N4CC5CCC(C4)N5)nc(OC[C@@]45CCCN4CC(F)C5)nc3c2F)c2c(C3CC3)cccc2c1. The average molecular weight is 598 g/mol. The van der Waals surface area contributed by atoms with E-state index in [1.54, 1.807) is 12.1 Å². The summed E-state index contributed by atoms with van der Waals surface area (Å²) in [5.74, 6) is 0.795. The topological polar surface area (TPSA) is 73.8 Å². The summed E-state index contributed by atoms with van der Waals surface area (Å²) in [6, 6.07) is 14.2. The van der Waals surface area contributed by atoms with Crippen molar-refractivity contribution in [1.29, 1.82) is 0 Å². The number of alkyl halides is 1. The molecule has 1 saturated carbocycles. The molecule has 0 radical (unpaired) electrons. The number of aromatic hydroxyl groups is 1. The van der Waals surface area contributed by atoms with Crippen molar-refractivity contribution in [2.75, 3.05) is 37.7 Å². The Labute approximate surface area is 255 Å². The van der Waals surface area contributed by atoms with Crippen LogP contribution in [0.2, 0.25) is 0 Å². The number of nitrogens with zero attached hydrogens (tertiary/aromatic N) is 4. The van der Waals surface area contributed by atoms with Crippen molar-refractivity contribution in [3.63, 3.8) is 0 Å². The average Bonchev–Trinajstić information content (AvgIpc) is 3.62. The summed E-state index contributed by atoms with van der Waals surface area (Å²) in [6.07, 6.45) is 5.94. The summed E-state index contributed by atoms with van der Waals surface area (Å²) < 4.78 is 37.7. The van der Waals surface area contributed by atoms with Crippen LogP contribution in [0.5, 0.6) is 11.8 Å². The molecule has 4 aliphatic heterocycles. The zero-order valence-electron chi connectivity index (χ0n) is 24.7. The molecule has 4 aromatic rings. The van der Waals surface area contributed by atoms with Gasteiger partial charge in [-0.15, -0.1) is 0 Å². The zero-order valence-corrected chi connectivity index (χ0v) is 24.7. The van der Waals surface area contributed by atoms with Crippen LogP contribution >= 0.6 is 0 Å². The molecule has 228 valence electrons. The fourth-order valence-corrected chi connectivity index (χ4v) is 8.64. The first-order chi connectivity index (χ1) is 21.4. The maximum absolute atomic E-state index is 16.9. The van der Waals surface area contributed by atoms with Gasteiger partial charge in [-0.05, 0) is 91.1 Å². The number of hydrogen-bond donors (Lipinski definition) is 2. The number of phenolic OH excluding ortho intramolecular Hbond substituents is 1. The largest absolute Gasteiger partial charge is 0.508 e. The lowest BCUT2D eigenvalue weighted by atomic mass is 9.91. The number of halogens is 2. The number of ether oxygens (including phenoxy) is 1. The van der Waals surface area contributed by atoms with E-state index in [1.807, 2.05) is 24.3 Å².